The number of carbonyl (C=O) groups excluding carboxylic acids is 1. The van der Waals surface area contributed by atoms with Crippen LogP contribution in [0.25, 0.3) is 0 Å². The Kier molecular flexibility index (Phi) is 2.57. The van der Waals surface area contributed by atoms with Gasteiger partial charge in [0.1, 0.15) is 7.11 Å². The molecule has 0 aliphatic rings. The average Bonchev–Trinajstić information content (AvgIpc) is 1.62. The molecule has 0 aromatic carbocycles. The summed E-state index contributed by atoms with van der Waals surface area (Å²) in [5.74, 6) is -0.749. The molecule has 0 spiro atoms. The quantitative estimate of drug-likeness (QED) is 0.424. The fourth-order valence-corrected chi connectivity index (χ4v) is 0.236. The van der Waals surface area contributed by atoms with E-state index < -0.39 is 10.3 Å². The summed E-state index contributed by atoms with van der Waals surface area (Å²) in [6, 6.07) is 0. The highest BCUT2D eigenvalue weighted by atomic mass is 35.5. The van der Waals surface area contributed by atoms with Gasteiger partial charge in [0, 0.05) is 0 Å². The van der Waals surface area contributed by atoms with Crippen LogP contribution in [0.2, 0.25) is 0 Å². The third-order valence-corrected chi connectivity index (χ3v) is 0.798. The van der Waals surface area contributed by atoms with Gasteiger partial charge in [-0.25, -0.2) is 4.79 Å². The van der Waals surface area contributed by atoms with Crippen LogP contribution in [0.3, 0.4) is 0 Å². The maximum atomic E-state index is 10.3. The second-order valence-corrected chi connectivity index (χ2v) is 3.03. The highest BCUT2D eigenvalue weighted by molar-refractivity contribution is 6.57. The van der Waals surface area contributed by atoms with Gasteiger partial charge in [-0.15, -0.1) is 0 Å². The molecule has 0 heterocycles. The number of esters is 1. The standard InChI is InChI=1S/C4H5Cl2O2/c1-4(5,6)3(7)8-2/h2H2,1H3. The number of hydrogen-bond donors (Lipinski definition) is 0. The number of halogens is 2. The van der Waals surface area contributed by atoms with Crippen LogP contribution in [0.1, 0.15) is 6.92 Å². The summed E-state index contributed by atoms with van der Waals surface area (Å²) in [5.41, 5.74) is 0. The summed E-state index contributed by atoms with van der Waals surface area (Å²) < 4.78 is 2.49. The third-order valence-electron chi connectivity index (χ3n) is 0.490. The molecule has 47 valence electrons. The number of alkyl halides is 2. The molecule has 8 heavy (non-hydrogen) atoms. The first-order valence-corrected chi connectivity index (χ1v) is 2.58. The topological polar surface area (TPSA) is 26.3 Å². The van der Waals surface area contributed by atoms with Gasteiger partial charge in [0.25, 0.3) is 0 Å². The molecule has 0 atom stereocenters. The van der Waals surface area contributed by atoms with E-state index in [1.54, 1.807) is 0 Å². The molecule has 0 unspecified atom stereocenters. The molecule has 0 saturated carbocycles. The summed E-state index contributed by atoms with van der Waals surface area (Å²) in [4.78, 5) is 10.3. The Bertz CT molecular complexity index is 94.7. The first kappa shape index (κ1) is 8.05. The van der Waals surface area contributed by atoms with E-state index in [1.807, 2.05) is 0 Å². The largest absolute Gasteiger partial charge is 0.460 e. The number of carbonyl (C=O) groups is 1. The molecule has 0 amide bonds. The molecule has 4 heteroatoms. The second-order valence-electron chi connectivity index (χ2n) is 1.32. The molecular formula is C4H5Cl2O2. The van der Waals surface area contributed by atoms with Crippen molar-refractivity contribution in [3.8, 4) is 0 Å². The zero-order valence-electron chi connectivity index (χ0n) is 4.28. The summed E-state index contributed by atoms with van der Waals surface area (Å²) in [6.45, 7) is 1.31. The Labute approximate surface area is 57.7 Å². The van der Waals surface area contributed by atoms with Gasteiger partial charge < -0.3 is 4.74 Å². The van der Waals surface area contributed by atoms with Gasteiger partial charge in [-0.1, -0.05) is 23.2 Å². The Morgan fingerprint density at radius 1 is 1.75 bits per heavy atom. The molecule has 0 rings (SSSR count). The molecule has 1 radical (unpaired) electrons. The highest BCUT2D eigenvalue weighted by Crippen LogP contribution is 2.20. The average molecular weight is 156 g/mol. The highest BCUT2D eigenvalue weighted by Gasteiger charge is 2.27. The van der Waals surface area contributed by atoms with E-state index in [0.29, 0.717) is 0 Å². The van der Waals surface area contributed by atoms with Gasteiger partial charge in [-0.3, -0.25) is 0 Å². The molecule has 0 saturated heterocycles. The lowest BCUT2D eigenvalue weighted by molar-refractivity contribution is -0.138. The molecule has 0 aliphatic heterocycles. The number of hydrogen-bond acceptors (Lipinski definition) is 2. The molecule has 2 nitrogen and oxygen atoms in total. The van der Waals surface area contributed by atoms with E-state index in [-0.39, 0.29) is 0 Å². The van der Waals surface area contributed by atoms with Crippen LogP contribution in [0.15, 0.2) is 0 Å². The number of ether oxygens (including phenoxy) is 1. The Balaban J connectivity index is 3.82. The minimum Gasteiger partial charge on any atom is -0.460 e. The normalized spacial score (nSPS) is 11.0. The van der Waals surface area contributed by atoms with Crippen molar-refractivity contribution in [3.05, 3.63) is 7.11 Å². The lowest BCUT2D eigenvalue weighted by atomic mass is 10.5. The van der Waals surface area contributed by atoms with Crippen molar-refractivity contribution in [2.75, 3.05) is 0 Å². The van der Waals surface area contributed by atoms with Crippen molar-refractivity contribution < 1.29 is 9.53 Å². The van der Waals surface area contributed by atoms with E-state index in [2.05, 4.69) is 11.8 Å². The zero-order chi connectivity index (χ0) is 6.78. The fourth-order valence-electron chi connectivity index (χ4n) is 0.127. The maximum Gasteiger partial charge on any atom is 0.342 e. The van der Waals surface area contributed by atoms with Crippen LogP contribution >= 0.6 is 23.2 Å². The maximum absolute atomic E-state index is 10.3. The summed E-state index contributed by atoms with van der Waals surface area (Å²) in [6.07, 6.45) is 0. The van der Waals surface area contributed by atoms with Crippen LogP contribution in [-0.4, -0.2) is 10.3 Å². The predicted molar refractivity (Wildman–Crippen MR) is 31.6 cm³/mol. The van der Waals surface area contributed by atoms with Crippen molar-refractivity contribution in [3.63, 3.8) is 0 Å². The van der Waals surface area contributed by atoms with Gasteiger partial charge in [0.15, 0.2) is 0 Å². The molecule has 0 aliphatic carbocycles. The molecule has 0 fully saturated rings. The van der Waals surface area contributed by atoms with Gasteiger partial charge in [-0.05, 0) is 6.92 Å². The van der Waals surface area contributed by atoms with E-state index in [9.17, 15) is 4.79 Å². The fraction of sp³-hybridized carbons (Fsp3) is 0.500. The van der Waals surface area contributed by atoms with Crippen molar-refractivity contribution in [1.82, 2.24) is 0 Å². The molecular weight excluding hydrogens is 151 g/mol. The molecule has 0 aromatic rings. The SMILES string of the molecule is [CH2]OC(=O)C(C)(Cl)Cl. The van der Waals surface area contributed by atoms with E-state index in [0.717, 1.165) is 0 Å². The van der Waals surface area contributed by atoms with Gasteiger partial charge in [-0.2, -0.15) is 0 Å². The van der Waals surface area contributed by atoms with Crippen LogP contribution in [0.4, 0.5) is 0 Å². The van der Waals surface area contributed by atoms with E-state index in [4.69, 9.17) is 23.2 Å². The summed E-state index contributed by atoms with van der Waals surface area (Å²) >= 11 is 10.5. The van der Waals surface area contributed by atoms with Crippen LogP contribution in [0, 0.1) is 7.11 Å². The van der Waals surface area contributed by atoms with Gasteiger partial charge in [0.2, 0.25) is 4.33 Å². The Morgan fingerprint density at radius 2 is 2.12 bits per heavy atom. The smallest absolute Gasteiger partial charge is 0.342 e. The van der Waals surface area contributed by atoms with E-state index in [1.165, 1.54) is 6.92 Å². The second kappa shape index (κ2) is 2.55. The summed E-state index contributed by atoms with van der Waals surface area (Å²) in [5, 5.41) is 0. The first-order valence-electron chi connectivity index (χ1n) is 1.82. The van der Waals surface area contributed by atoms with Crippen molar-refractivity contribution in [2.45, 2.75) is 11.3 Å². The van der Waals surface area contributed by atoms with E-state index >= 15 is 0 Å². The minimum absolute atomic E-state index is 0.749. The predicted octanol–water partition coefficient (Wildman–Crippen LogP) is 1.51. The van der Waals surface area contributed by atoms with Crippen molar-refractivity contribution in [1.29, 1.82) is 0 Å². The van der Waals surface area contributed by atoms with Gasteiger partial charge >= 0.3 is 5.97 Å². The van der Waals surface area contributed by atoms with Crippen molar-refractivity contribution >= 4 is 29.2 Å². The van der Waals surface area contributed by atoms with Crippen LogP contribution < -0.4 is 0 Å². The molecule has 0 N–H and O–H groups in total. The zero-order valence-corrected chi connectivity index (χ0v) is 5.79. The van der Waals surface area contributed by atoms with Crippen LogP contribution in [0.5, 0.6) is 0 Å². The summed E-state index contributed by atoms with van der Waals surface area (Å²) in [7, 11) is 2.83. The van der Waals surface area contributed by atoms with Crippen molar-refractivity contribution in [2.24, 2.45) is 0 Å². The lowest BCUT2D eigenvalue weighted by Crippen LogP contribution is -2.22. The van der Waals surface area contributed by atoms with Crippen LogP contribution in [-0.2, 0) is 9.53 Å². The first-order chi connectivity index (χ1) is 3.48. The Morgan fingerprint density at radius 3 is 2.12 bits per heavy atom. The van der Waals surface area contributed by atoms with Gasteiger partial charge in [0.05, 0.1) is 0 Å². The monoisotopic (exact) mass is 155 g/mol. The third kappa shape index (κ3) is 2.38. The minimum atomic E-state index is -1.47. The molecule has 0 bridgehead atoms. The number of rotatable bonds is 1. The Hall–Kier alpha value is 0.0500. The molecule has 0 aromatic heterocycles. The lowest BCUT2D eigenvalue weighted by Gasteiger charge is -2.07.